The first-order valence-electron chi connectivity index (χ1n) is 6.93. The maximum absolute atomic E-state index is 12.4. The Hall–Kier alpha value is -0.640. The molecule has 3 aliphatic rings. The summed E-state index contributed by atoms with van der Waals surface area (Å²) >= 11 is 5.53. The Labute approximate surface area is 108 Å². The first-order valence-corrected chi connectivity index (χ1v) is 7.33. The Morgan fingerprint density at radius 3 is 2.41 bits per heavy atom. The van der Waals surface area contributed by atoms with Crippen LogP contribution in [0.1, 0.15) is 51.4 Å². The highest BCUT2D eigenvalue weighted by Gasteiger charge is 2.45. The maximum Gasteiger partial charge on any atom is 0.251 e. The SMILES string of the molecule is O=C1[C@H]2CCCCN2C(=S)N1C1CCCCC1. The number of carbonyl (C=O) groups excluding carboxylic acids is 1. The molecule has 1 saturated carbocycles. The monoisotopic (exact) mass is 252 g/mol. The fraction of sp³-hybridized carbons (Fsp3) is 0.846. The molecule has 1 atom stereocenters. The van der Waals surface area contributed by atoms with Crippen LogP contribution in [-0.4, -0.2) is 39.4 Å². The minimum absolute atomic E-state index is 0.0816. The third kappa shape index (κ3) is 1.86. The van der Waals surface area contributed by atoms with E-state index >= 15 is 0 Å². The minimum Gasteiger partial charge on any atom is -0.337 e. The van der Waals surface area contributed by atoms with Gasteiger partial charge in [-0.15, -0.1) is 0 Å². The molecule has 17 heavy (non-hydrogen) atoms. The molecule has 1 aliphatic carbocycles. The van der Waals surface area contributed by atoms with Gasteiger partial charge in [0.05, 0.1) is 0 Å². The van der Waals surface area contributed by atoms with Gasteiger partial charge in [0.2, 0.25) is 0 Å². The average Bonchev–Trinajstić information content (AvgIpc) is 2.64. The van der Waals surface area contributed by atoms with E-state index in [0.717, 1.165) is 30.9 Å². The number of rotatable bonds is 1. The third-order valence-electron chi connectivity index (χ3n) is 4.42. The van der Waals surface area contributed by atoms with Crippen LogP contribution < -0.4 is 0 Å². The van der Waals surface area contributed by atoms with Gasteiger partial charge in [-0.3, -0.25) is 9.69 Å². The average molecular weight is 252 g/mol. The number of hydrogen-bond donors (Lipinski definition) is 0. The van der Waals surface area contributed by atoms with E-state index in [-0.39, 0.29) is 6.04 Å². The summed E-state index contributed by atoms with van der Waals surface area (Å²) in [5.41, 5.74) is 0. The molecule has 0 aromatic rings. The van der Waals surface area contributed by atoms with Crippen LogP contribution in [-0.2, 0) is 4.79 Å². The molecule has 0 N–H and O–H groups in total. The fourth-order valence-corrected chi connectivity index (χ4v) is 3.94. The molecule has 0 aromatic carbocycles. The number of nitrogens with zero attached hydrogens (tertiary/aromatic N) is 2. The van der Waals surface area contributed by atoms with Crippen molar-refractivity contribution in [2.75, 3.05) is 6.54 Å². The summed E-state index contributed by atoms with van der Waals surface area (Å²) < 4.78 is 0. The standard InChI is InChI=1S/C13H20N2OS/c16-12-11-8-4-5-9-14(11)13(17)15(12)10-6-2-1-3-7-10/h10-11H,1-9H2/t11-/m1/s1. The van der Waals surface area contributed by atoms with Gasteiger partial charge in [-0.2, -0.15) is 0 Å². The van der Waals surface area contributed by atoms with Crippen molar-refractivity contribution in [3.05, 3.63) is 0 Å². The smallest absolute Gasteiger partial charge is 0.251 e. The van der Waals surface area contributed by atoms with E-state index in [2.05, 4.69) is 4.90 Å². The molecule has 2 heterocycles. The van der Waals surface area contributed by atoms with Crippen molar-refractivity contribution < 1.29 is 4.79 Å². The van der Waals surface area contributed by atoms with E-state index in [0.29, 0.717) is 11.9 Å². The molecule has 2 aliphatic heterocycles. The Kier molecular flexibility index (Phi) is 3.07. The molecule has 1 amide bonds. The van der Waals surface area contributed by atoms with Gasteiger partial charge < -0.3 is 4.90 Å². The van der Waals surface area contributed by atoms with Crippen LogP contribution in [0.2, 0.25) is 0 Å². The van der Waals surface area contributed by atoms with E-state index < -0.39 is 0 Å². The van der Waals surface area contributed by atoms with Crippen molar-refractivity contribution in [1.82, 2.24) is 9.80 Å². The van der Waals surface area contributed by atoms with Crippen molar-refractivity contribution in [3.63, 3.8) is 0 Å². The second-order valence-corrected chi connectivity index (χ2v) is 5.85. The normalized spacial score (nSPS) is 30.9. The number of carbonyl (C=O) groups is 1. The van der Waals surface area contributed by atoms with Crippen LogP contribution in [0, 0.1) is 0 Å². The van der Waals surface area contributed by atoms with Gasteiger partial charge in [-0.25, -0.2) is 0 Å². The summed E-state index contributed by atoms with van der Waals surface area (Å²) in [7, 11) is 0. The Morgan fingerprint density at radius 2 is 1.71 bits per heavy atom. The number of amides is 1. The summed E-state index contributed by atoms with van der Waals surface area (Å²) in [4.78, 5) is 16.6. The zero-order chi connectivity index (χ0) is 11.8. The highest BCUT2D eigenvalue weighted by atomic mass is 32.1. The van der Waals surface area contributed by atoms with Crippen LogP contribution in [0.15, 0.2) is 0 Å². The van der Waals surface area contributed by atoms with Gasteiger partial charge >= 0.3 is 0 Å². The lowest BCUT2D eigenvalue weighted by atomic mass is 9.94. The van der Waals surface area contributed by atoms with E-state index in [1.807, 2.05) is 4.90 Å². The molecule has 0 spiro atoms. The molecular weight excluding hydrogens is 232 g/mol. The summed E-state index contributed by atoms with van der Waals surface area (Å²) in [5, 5.41) is 0.826. The van der Waals surface area contributed by atoms with Crippen LogP contribution >= 0.6 is 12.2 Å². The van der Waals surface area contributed by atoms with Crippen molar-refractivity contribution in [2.24, 2.45) is 0 Å². The summed E-state index contributed by atoms with van der Waals surface area (Å²) in [6, 6.07) is 0.479. The number of piperidine rings is 1. The Balaban J connectivity index is 1.80. The largest absolute Gasteiger partial charge is 0.337 e. The van der Waals surface area contributed by atoms with Crippen molar-refractivity contribution >= 4 is 23.2 Å². The molecular formula is C13H20N2OS. The minimum atomic E-state index is 0.0816. The van der Waals surface area contributed by atoms with Gasteiger partial charge in [0.1, 0.15) is 6.04 Å². The molecule has 3 rings (SSSR count). The van der Waals surface area contributed by atoms with Crippen molar-refractivity contribution in [2.45, 2.75) is 63.5 Å². The lowest BCUT2D eigenvalue weighted by molar-refractivity contribution is -0.130. The lowest BCUT2D eigenvalue weighted by Gasteiger charge is -2.31. The van der Waals surface area contributed by atoms with E-state index in [4.69, 9.17) is 12.2 Å². The molecule has 0 bridgehead atoms. The first-order chi connectivity index (χ1) is 8.29. The zero-order valence-electron chi connectivity index (χ0n) is 10.2. The highest BCUT2D eigenvalue weighted by molar-refractivity contribution is 7.80. The molecule has 0 radical (unpaired) electrons. The number of thiocarbonyl (C=S) groups is 1. The van der Waals surface area contributed by atoms with Crippen LogP contribution in [0.3, 0.4) is 0 Å². The first kappa shape index (κ1) is 11.5. The molecule has 0 unspecified atom stereocenters. The molecule has 3 fully saturated rings. The second-order valence-electron chi connectivity index (χ2n) is 5.49. The Morgan fingerprint density at radius 1 is 1.00 bits per heavy atom. The zero-order valence-corrected chi connectivity index (χ0v) is 11.0. The van der Waals surface area contributed by atoms with Gasteiger partial charge in [0.15, 0.2) is 5.11 Å². The van der Waals surface area contributed by atoms with Crippen molar-refractivity contribution in [1.29, 1.82) is 0 Å². The fourth-order valence-electron chi connectivity index (χ4n) is 3.49. The van der Waals surface area contributed by atoms with Gasteiger partial charge in [0.25, 0.3) is 5.91 Å². The van der Waals surface area contributed by atoms with Crippen LogP contribution in [0.4, 0.5) is 0 Å². The molecule has 4 heteroatoms. The molecule has 0 aromatic heterocycles. The Bertz CT molecular complexity index is 314. The molecule has 94 valence electrons. The number of hydrogen-bond acceptors (Lipinski definition) is 2. The predicted molar refractivity (Wildman–Crippen MR) is 70.7 cm³/mol. The highest BCUT2D eigenvalue weighted by Crippen LogP contribution is 2.32. The third-order valence-corrected chi connectivity index (χ3v) is 4.85. The summed E-state index contributed by atoms with van der Waals surface area (Å²) in [6.07, 6.45) is 9.47. The van der Waals surface area contributed by atoms with E-state index in [9.17, 15) is 4.79 Å². The van der Waals surface area contributed by atoms with E-state index in [1.54, 1.807) is 0 Å². The molecule has 3 nitrogen and oxygen atoms in total. The van der Waals surface area contributed by atoms with Gasteiger partial charge in [-0.05, 0) is 44.3 Å². The van der Waals surface area contributed by atoms with Crippen LogP contribution in [0.5, 0.6) is 0 Å². The van der Waals surface area contributed by atoms with Gasteiger partial charge in [0, 0.05) is 12.6 Å². The van der Waals surface area contributed by atoms with Gasteiger partial charge in [-0.1, -0.05) is 19.3 Å². The summed E-state index contributed by atoms with van der Waals surface area (Å²) in [6.45, 7) is 0.985. The van der Waals surface area contributed by atoms with Crippen LogP contribution in [0.25, 0.3) is 0 Å². The lowest BCUT2D eigenvalue weighted by Crippen LogP contribution is -2.42. The van der Waals surface area contributed by atoms with E-state index in [1.165, 1.54) is 32.1 Å². The number of fused-ring (bicyclic) bond motifs is 1. The second kappa shape index (κ2) is 4.56. The maximum atomic E-state index is 12.4. The molecule has 2 saturated heterocycles. The quantitative estimate of drug-likeness (QED) is 0.669. The topological polar surface area (TPSA) is 23.6 Å². The summed E-state index contributed by atoms with van der Waals surface area (Å²) in [5.74, 6) is 0.293. The van der Waals surface area contributed by atoms with Crippen molar-refractivity contribution in [3.8, 4) is 0 Å². The predicted octanol–water partition coefficient (Wildman–Crippen LogP) is 2.30.